The van der Waals surface area contributed by atoms with Crippen LogP contribution < -0.4 is 9.47 Å². The lowest BCUT2D eigenvalue weighted by Crippen LogP contribution is -1.92. The summed E-state index contributed by atoms with van der Waals surface area (Å²) in [5.41, 5.74) is 0.757. The van der Waals surface area contributed by atoms with Crippen molar-refractivity contribution in [3.05, 3.63) is 27.7 Å². The van der Waals surface area contributed by atoms with Crippen molar-refractivity contribution in [1.82, 2.24) is 10.2 Å². The number of hydrogen-bond acceptors (Lipinski definition) is 6. The van der Waals surface area contributed by atoms with Gasteiger partial charge in [-0.1, -0.05) is 11.2 Å². The van der Waals surface area contributed by atoms with Crippen molar-refractivity contribution in [2.45, 2.75) is 6.61 Å². The minimum absolute atomic E-state index is 0.0407. The van der Waals surface area contributed by atoms with Crippen molar-refractivity contribution < 1.29 is 14.6 Å². The third-order valence-corrected chi connectivity index (χ3v) is 3.22. The molecule has 1 N–H and O–H groups in total. The summed E-state index contributed by atoms with van der Waals surface area (Å²) in [6.07, 6.45) is 0. The smallest absolute Gasteiger partial charge is 0.300 e. The number of nitrogens with zero attached hydrogens (tertiary/aromatic N) is 2. The number of aliphatic hydroxyl groups is 1. The van der Waals surface area contributed by atoms with Crippen LogP contribution in [0.4, 0.5) is 0 Å². The molecule has 0 bridgehead atoms. The van der Waals surface area contributed by atoms with Gasteiger partial charge in [0.25, 0.3) is 5.19 Å². The quantitative estimate of drug-likeness (QED) is 0.939. The van der Waals surface area contributed by atoms with E-state index in [1.165, 1.54) is 11.3 Å². The highest BCUT2D eigenvalue weighted by Crippen LogP contribution is 2.34. The van der Waals surface area contributed by atoms with Gasteiger partial charge in [0.1, 0.15) is 0 Å². The Hall–Kier alpha value is -1.18. The topological polar surface area (TPSA) is 64.5 Å². The monoisotopic (exact) mass is 316 g/mol. The lowest BCUT2D eigenvalue weighted by atomic mass is 10.2. The van der Waals surface area contributed by atoms with Crippen molar-refractivity contribution in [2.24, 2.45) is 0 Å². The Labute approximate surface area is 110 Å². The summed E-state index contributed by atoms with van der Waals surface area (Å²) >= 11 is 4.48. The summed E-state index contributed by atoms with van der Waals surface area (Å²) < 4.78 is 11.4. The van der Waals surface area contributed by atoms with E-state index in [1.54, 1.807) is 25.3 Å². The predicted octanol–water partition coefficient (Wildman–Crippen LogP) is 2.59. The van der Waals surface area contributed by atoms with E-state index < -0.39 is 0 Å². The highest BCUT2D eigenvalue weighted by molar-refractivity contribution is 9.11. The molecule has 0 aliphatic rings. The van der Waals surface area contributed by atoms with Gasteiger partial charge in [-0.05, 0) is 45.0 Å². The molecule has 90 valence electrons. The predicted molar refractivity (Wildman–Crippen MR) is 66.6 cm³/mol. The number of aliphatic hydroxyl groups excluding tert-OH is 1. The maximum atomic E-state index is 9.02. The van der Waals surface area contributed by atoms with Crippen LogP contribution in [0.15, 0.2) is 22.1 Å². The molecule has 1 aromatic carbocycles. The zero-order valence-corrected chi connectivity index (χ0v) is 11.3. The average Bonchev–Trinajstić information content (AvgIpc) is 2.75. The Morgan fingerprint density at radius 1 is 1.35 bits per heavy atom. The molecule has 1 aromatic heterocycles. The number of halogens is 1. The van der Waals surface area contributed by atoms with Gasteiger partial charge in [-0.2, -0.15) is 0 Å². The van der Waals surface area contributed by atoms with Gasteiger partial charge < -0.3 is 14.6 Å². The number of ether oxygens (including phenoxy) is 2. The van der Waals surface area contributed by atoms with E-state index in [2.05, 4.69) is 26.1 Å². The highest BCUT2D eigenvalue weighted by Gasteiger charge is 2.09. The number of rotatable bonds is 4. The van der Waals surface area contributed by atoms with E-state index in [1.807, 2.05) is 0 Å². The Kier molecular flexibility index (Phi) is 3.93. The normalized spacial score (nSPS) is 10.3. The number of methoxy groups -OCH3 is 1. The third kappa shape index (κ3) is 2.93. The molecule has 2 rings (SSSR count). The summed E-state index contributed by atoms with van der Waals surface area (Å²) in [6, 6.07) is 5.19. The number of benzene rings is 1. The van der Waals surface area contributed by atoms with Crippen molar-refractivity contribution in [3.8, 4) is 16.7 Å². The zero-order chi connectivity index (χ0) is 12.3. The van der Waals surface area contributed by atoms with Crippen LogP contribution in [-0.4, -0.2) is 22.4 Å². The average molecular weight is 317 g/mol. The van der Waals surface area contributed by atoms with Gasteiger partial charge in [0.2, 0.25) is 0 Å². The SMILES string of the molecule is COc1cc(CO)ccc1Oc1nnc(Br)s1. The Morgan fingerprint density at radius 2 is 2.18 bits per heavy atom. The van der Waals surface area contributed by atoms with Crippen LogP contribution in [0.3, 0.4) is 0 Å². The van der Waals surface area contributed by atoms with E-state index in [9.17, 15) is 0 Å². The van der Waals surface area contributed by atoms with E-state index in [-0.39, 0.29) is 6.61 Å². The molecule has 2 aromatic rings. The molecule has 0 saturated carbocycles. The third-order valence-electron chi connectivity index (χ3n) is 1.99. The molecule has 0 fully saturated rings. The van der Waals surface area contributed by atoms with Gasteiger partial charge in [0.15, 0.2) is 15.4 Å². The summed E-state index contributed by atoms with van der Waals surface area (Å²) in [7, 11) is 1.54. The summed E-state index contributed by atoms with van der Waals surface area (Å²) in [4.78, 5) is 0. The van der Waals surface area contributed by atoms with Crippen LogP contribution in [0, 0.1) is 0 Å². The van der Waals surface area contributed by atoms with E-state index in [0.717, 1.165) is 5.56 Å². The second kappa shape index (κ2) is 5.44. The molecule has 0 aliphatic heterocycles. The molecule has 0 saturated heterocycles. The second-order valence-electron chi connectivity index (χ2n) is 3.07. The van der Waals surface area contributed by atoms with Crippen molar-refractivity contribution in [1.29, 1.82) is 0 Å². The molecule has 0 aliphatic carbocycles. The molecule has 0 unspecified atom stereocenters. The first-order valence-corrected chi connectivity index (χ1v) is 6.28. The minimum atomic E-state index is -0.0407. The molecule has 0 spiro atoms. The summed E-state index contributed by atoms with van der Waals surface area (Å²) in [6.45, 7) is -0.0407. The fraction of sp³-hybridized carbons (Fsp3) is 0.200. The van der Waals surface area contributed by atoms with Gasteiger partial charge in [-0.15, -0.1) is 5.10 Å². The van der Waals surface area contributed by atoms with E-state index in [4.69, 9.17) is 14.6 Å². The Bertz CT molecular complexity index is 518. The molecule has 7 heteroatoms. The summed E-state index contributed by atoms with van der Waals surface area (Å²) in [5.74, 6) is 1.08. The van der Waals surface area contributed by atoms with Crippen LogP contribution >= 0.6 is 27.3 Å². The van der Waals surface area contributed by atoms with Crippen LogP contribution in [0.1, 0.15) is 5.56 Å². The van der Waals surface area contributed by atoms with Crippen LogP contribution in [0.25, 0.3) is 0 Å². The molecular weight excluding hydrogens is 308 g/mol. The maximum absolute atomic E-state index is 9.02. The summed E-state index contributed by atoms with van der Waals surface area (Å²) in [5, 5.41) is 17.0. The first-order valence-electron chi connectivity index (χ1n) is 4.67. The number of aromatic nitrogens is 2. The van der Waals surface area contributed by atoms with Crippen LogP contribution in [-0.2, 0) is 6.61 Å². The Morgan fingerprint density at radius 3 is 2.76 bits per heavy atom. The molecular formula is C10H9BrN2O3S. The van der Waals surface area contributed by atoms with Gasteiger partial charge in [0, 0.05) is 0 Å². The highest BCUT2D eigenvalue weighted by atomic mass is 79.9. The van der Waals surface area contributed by atoms with Gasteiger partial charge in [0.05, 0.1) is 13.7 Å². The minimum Gasteiger partial charge on any atom is -0.493 e. The van der Waals surface area contributed by atoms with Crippen LogP contribution in [0.5, 0.6) is 16.7 Å². The lowest BCUT2D eigenvalue weighted by molar-refractivity contribution is 0.280. The number of hydrogen-bond donors (Lipinski definition) is 1. The first-order chi connectivity index (χ1) is 8.22. The van der Waals surface area contributed by atoms with Crippen molar-refractivity contribution in [3.63, 3.8) is 0 Å². The van der Waals surface area contributed by atoms with Gasteiger partial charge in [-0.25, -0.2) is 0 Å². The second-order valence-corrected chi connectivity index (χ2v) is 5.28. The van der Waals surface area contributed by atoms with Gasteiger partial charge in [-0.3, -0.25) is 0 Å². The van der Waals surface area contributed by atoms with Crippen LogP contribution in [0.2, 0.25) is 0 Å². The molecule has 5 nitrogen and oxygen atoms in total. The molecule has 0 atom stereocenters. The Balaban J connectivity index is 2.26. The fourth-order valence-corrected chi connectivity index (χ4v) is 2.16. The standard InChI is InChI=1S/C10H9BrN2O3S/c1-15-8-4-6(5-14)2-3-7(8)16-10-13-12-9(11)17-10/h2-4,14H,5H2,1H3. The fourth-order valence-electron chi connectivity index (χ4n) is 1.22. The molecule has 17 heavy (non-hydrogen) atoms. The zero-order valence-electron chi connectivity index (χ0n) is 8.88. The largest absolute Gasteiger partial charge is 0.493 e. The van der Waals surface area contributed by atoms with E-state index >= 15 is 0 Å². The van der Waals surface area contributed by atoms with E-state index in [0.29, 0.717) is 20.6 Å². The molecule has 0 radical (unpaired) electrons. The lowest BCUT2D eigenvalue weighted by Gasteiger charge is -2.08. The van der Waals surface area contributed by atoms with Crippen molar-refractivity contribution in [2.75, 3.05) is 7.11 Å². The van der Waals surface area contributed by atoms with Gasteiger partial charge >= 0.3 is 0 Å². The van der Waals surface area contributed by atoms with Crippen molar-refractivity contribution >= 4 is 27.3 Å². The molecule has 0 amide bonds. The maximum Gasteiger partial charge on any atom is 0.300 e. The molecule has 1 heterocycles. The first kappa shape index (κ1) is 12.3.